The van der Waals surface area contributed by atoms with Crippen molar-refractivity contribution >= 4 is 8.32 Å². The molecule has 0 aromatic carbocycles. The monoisotopic (exact) mass is 420 g/mol. The van der Waals surface area contributed by atoms with Crippen molar-refractivity contribution in [3.8, 4) is 0 Å². The molecule has 0 saturated carbocycles. The van der Waals surface area contributed by atoms with Crippen LogP contribution in [0.4, 0.5) is 0 Å². The minimum absolute atomic E-state index is 0. The molecule has 6 heteroatoms. The molecule has 0 aliphatic rings. The van der Waals surface area contributed by atoms with Gasteiger partial charge in [0.25, 0.3) is 0 Å². The van der Waals surface area contributed by atoms with Crippen LogP contribution >= 0.6 is 0 Å². The van der Waals surface area contributed by atoms with Gasteiger partial charge in [0.1, 0.15) is 0 Å². The van der Waals surface area contributed by atoms with E-state index in [0.29, 0.717) is 11.1 Å². The number of unbranched alkanes of at least 4 members (excludes halogenated alkanes) is 1. The van der Waals surface area contributed by atoms with Crippen molar-refractivity contribution in [2.45, 2.75) is 71.2 Å². The van der Waals surface area contributed by atoms with Gasteiger partial charge in [-0.2, -0.15) is 0 Å². The van der Waals surface area contributed by atoms with Crippen LogP contribution in [-0.2, 0) is 35.5 Å². The Hall–Kier alpha value is -0.864. The Balaban J connectivity index is -0.000000189. The molecule has 0 N–H and O–H groups in total. The van der Waals surface area contributed by atoms with Crippen molar-refractivity contribution in [3.63, 3.8) is 0 Å². The van der Waals surface area contributed by atoms with E-state index in [9.17, 15) is 0 Å². The molecule has 0 aromatic heterocycles. The van der Waals surface area contributed by atoms with Crippen LogP contribution in [0, 0.1) is 20.0 Å². The van der Waals surface area contributed by atoms with Crippen molar-refractivity contribution in [3.05, 3.63) is 56.9 Å². The molecule has 4 nitrogen and oxygen atoms in total. The van der Waals surface area contributed by atoms with Gasteiger partial charge in [0.15, 0.2) is 8.32 Å². The van der Waals surface area contributed by atoms with Crippen molar-refractivity contribution in [2.75, 3.05) is 0 Å². The van der Waals surface area contributed by atoms with Crippen LogP contribution in [-0.4, -0.2) is 14.4 Å². The Morgan fingerprint density at radius 2 is 1.46 bits per heavy atom. The van der Waals surface area contributed by atoms with E-state index in [1.165, 1.54) is 6.42 Å². The average Bonchev–Trinajstić information content (AvgIpc) is 2.58. The summed E-state index contributed by atoms with van der Waals surface area (Å²) in [6.07, 6.45) is 13.9. The van der Waals surface area contributed by atoms with E-state index in [2.05, 4.69) is 79.5 Å². The fraction of sp³-hybridized carbons (Fsp3) is 0.550. The second-order valence-corrected chi connectivity index (χ2v) is 11.4. The van der Waals surface area contributed by atoms with Gasteiger partial charge in [0, 0.05) is 23.2 Å². The van der Waals surface area contributed by atoms with Gasteiger partial charge in [-0.25, -0.2) is 0 Å². The molecule has 0 unspecified atom stereocenters. The first-order valence-corrected chi connectivity index (χ1v) is 10.8. The molecule has 0 heterocycles. The molecule has 0 rings (SSSR count). The predicted octanol–water partition coefficient (Wildman–Crippen LogP) is 5.75. The van der Waals surface area contributed by atoms with Gasteiger partial charge in [-0.1, -0.05) is 57.7 Å². The van der Waals surface area contributed by atoms with Crippen LogP contribution in [0.5, 0.6) is 0 Å². The Kier molecular flexibility index (Phi) is 33.5. The number of rotatable bonds is 8. The van der Waals surface area contributed by atoms with Gasteiger partial charge in [-0.05, 0) is 44.3 Å². The minimum Gasteiger partial charge on any atom is 0 e. The van der Waals surface area contributed by atoms with E-state index < -0.39 is 8.32 Å². The SMILES string of the molecule is C=C/C=C/C=C/CCC[C@@H](C)O[Si](C)(C)C(C)(C)C.[C-]#[O+].[C-]#[O+].[C-]#[O+].[Fe]. The third kappa shape index (κ3) is 23.1. The van der Waals surface area contributed by atoms with Crippen molar-refractivity contribution in [2.24, 2.45) is 0 Å². The number of hydrogen-bond donors (Lipinski definition) is 0. The summed E-state index contributed by atoms with van der Waals surface area (Å²) < 4.78 is 28.8. The molecule has 148 valence electrons. The molecule has 0 spiro atoms. The Labute approximate surface area is 171 Å². The zero-order valence-corrected chi connectivity index (χ0v) is 18.9. The summed E-state index contributed by atoms with van der Waals surface area (Å²) in [5.74, 6) is 0. The summed E-state index contributed by atoms with van der Waals surface area (Å²) >= 11 is 0. The summed E-state index contributed by atoms with van der Waals surface area (Å²) in [5, 5.41) is 0.302. The standard InChI is InChI=1S/C17H32OSi.3CO.Fe/c1-8-9-10-11-12-13-14-15-16(2)18-19(6,7)17(3,4)5;3*1-2;/h8-12,16H,1,13-15H2,2-7H3;;;;/b10-9+,12-11+;;;;/t16-;;;;/m1..../s1. The normalized spacial score (nSPS) is 11.4. The fourth-order valence-corrected chi connectivity index (χ4v) is 3.06. The topological polar surface area (TPSA) is 68.9 Å². The molecule has 0 radical (unpaired) electrons. The minimum atomic E-state index is -1.59. The van der Waals surface area contributed by atoms with Crippen LogP contribution < -0.4 is 0 Å². The molecule has 0 fully saturated rings. The van der Waals surface area contributed by atoms with Crippen molar-refractivity contribution in [1.82, 2.24) is 0 Å². The molecule has 26 heavy (non-hydrogen) atoms. The Morgan fingerprint density at radius 1 is 1.00 bits per heavy atom. The molecule has 0 aliphatic heterocycles. The second-order valence-electron chi connectivity index (χ2n) is 6.67. The van der Waals surface area contributed by atoms with Gasteiger partial charge in [0.2, 0.25) is 0 Å². The van der Waals surface area contributed by atoms with Gasteiger partial charge < -0.3 is 4.43 Å². The molecular formula is C20H32FeO4Si. The summed E-state index contributed by atoms with van der Waals surface area (Å²) in [4.78, 5) is 0. The molecule has 0 aromatic rings. The molecule has 1 atom stereocenters. The smallest absolute Gasteiger partial charge is 0 e. The van der Waals surface area contributed by atoms with E-state index in [4.69, 9.17) is 18.4 Å². The first-order chi connectivity index (χ1) is 11.7. The predicted molar refractivity (Wildman–Crippen MR) is 102 cm³/mol. The maximum atomic E-state index is 7.50. The molecule has 0 bridgehead atoms. The van der Waals surface area contributed by atoms with E-state index in [1.807, 2.05) is 12.2 Å². The molecule has 0 aliphatic carbocycles. The third-order valence-electron chi connectivity index (χ3n) is 3.78. The first-order valence-electron chi connectivity index (χ1n) is 7.94. The van der Waals surface area contributed by atoms with E-state index in [-0.39, 0.29) is 17.1 Å². The quantitative estimate of drug-likeness (QED) is 0.162. The largest absolute Gasteiger partial charge is 0 e. The zero-order chi connectivity index (χ0) is 20.9. The van der Waals surface area contributed by atoms with Crippen LogP contribution in [0.3, 0.4) is 0 Å². The maximum absolute atomic E-state index is 7.50. The maximum Gasteiger partial charge on any atom is 0 e. The second kappa shape index (κ2) is 24.1. The van der Waals surface area contributed by atoms with Gasteiger partial charge in [-0.3, -0.25) is 0 Å². The van der Waals surface area contributed by atoms with Gasteiger partial charge in [0.05, 0.1) is 0 Å². The van der Waals surface area contributed by atoms with Crippen LogP contribution in [0.25, 0.3) is 0 Å². The van der Waals surface area contributed by atoms with Crippen LogP contribution in [0.1, 0.15) is 47.0 Å². The summed E-state index contributed by atoms with van der Waals surface area (Å²) in [5.41, 5.74) is 0. The number of hydrogen-bond acceptors (Lipinski definition) is 1. The zero-order valence-electron chi connectivity index (χ0n) is 16.8. The van der Waals surface area contributed by atoms with Crippen molar-refractivity contribution < 1.29 is 35.5 Å². The van der Waals surface area contributed by atoms with E-state index in [0.717, 1.165) is 12.8 Å². The van der Waals surface area contributed by atoms with Gasteiger partial charge in [-0.15, -0.1) is 0 Å². The molecule has 0 saturated heterocycles. The van der Waals surface area contributed by atoms with E-state index in [1.54, 1.807) is 6.08 Å². The van der Waals surface area contributed by atoms with Gasteiger partial charge >= 0.3 is 33.9 Å². The molecule has 0 amide bonds. The average molecular weight is 420 g/mol. The third-order valence-corrected chi connectivity index (χ3v) is 8.38. The summed E-state index contributed by atoms with van der Waals surface area (Å²) in [6, 6.07) is 0. The number of allylic oxidation sites excluding steroid dienone is 5. The summed E-state index contributed by atoms with van der Waals surface area (Å²) in [6.45, 7) is 30.9. The Bertz CT molecular complexity index is 415. The van der Waals surface area contributed by atoms with Crippen LogP contribution in [0.2, 0.25) is 18.1 Å². The fourth-order valence-electron chi connectivity index (χ4n) is 1.58. The first kappa shape index (κ1) is 36.1. The Morgan fingerprint density at radius 3 is 1.85 bits per heavy atom. The molecular weight excluding hydrogens is 388 g/mol. The summed E-state index contributed by atoms with van der Waals surface area (Å²) in [7, 11) is -1.59. The van der Waals surface area contributed by atoms with Crippen molar-refractivity contribution in [1.29, 1.82) is 0 Å². The van der Waals surface area contributed by atoms with Crippen LogP contribution in [0.15, 0.2) is 37.0 Å². The van der Waals surface area contributed by atoms with E-state index >= 15 is 0 Å².